The lowest BCUT2D eigenvalue weighted by molar-refractivity contribution is -0.129. The fourth-order valence-electron chi connectivity index (χ4n) is 0.825. The summed E-state index contributed by atoms with van der Waals surface area (Å²) in [6.45, 7) is 4.03. The van der Waals surface area contributed by atoms with Crippen LogP contribution in [0.5, 0.6) is 0 Å². The number of hydrogen-bond donors (Lipinski definition) is 5. The van der Waals surface area contributed by atoms with E-state index in [9.17, 15) is 14.2 Å². The van der Waals surface area contributed by atoms with Crippen LogP contribution in [-0.2, 0) is 14.2 Å². The van der Waals surface area contributed by atoms with Gasteiger partial charge < -0.3 is 26.2 Å². The molecule has 0 aliphatic heterocycles. The van der Waals surface area contributed by atoms with E-state index in [2.05, 4.69) is 10.6 Å². The third kappa shape index (κ3) is 5.78. The van der Waals surface area contributed by atoms with E-state index >= 15 is 0 Å². The van der Waals surface area contributed by atoms with Crippen molar-refractivity contribution in [2.24, 2.45) is 5.73 Å². The van der Waals surface area contributed by atoms with Gasteiger partial charge in [-0.25, -0.2) is 0 Å². The van der Waals surface area contributed by atoms with Gasteiger partial charge in [0.2, 0.25) is 11.8 Å². The molecular formula is C8H18N3O5P. The Morgan fingerprint density at radius 1 is 1.12 bits per heavy atom. The Kier molecular flexibility index (Phi) is 5.77. The highest BCUT2D eigenvalue weighted by molar-refractivity contribution is 7.52. The third-order valence-corrected chi connectivity index (χ3v) is 3.16. The quantitative estimate of drug-likeness (QED) is 0.383. The number of carbonyl (C=O) groups excluding carboxylic acids is 2. The predicted molar refractivity (Wildman–Crippen MR) is 60.9 cm³/mol. The first-order valence-corrected chi connectivity index (χ1v) is 6.65. The molecule has 0 radical (unpaired) electrons. The van der Waals surface area contributed by atoms with E-state index in [1.165, 1.54) is 20.8 Å². The molecule has 0 fully saturated rings. The van der Waals surface area contributed by atoms with Gasteiger partial charge in [-0.2, -0.15) is 0 Å². The van der Waals surface area contributed by atoms with Crippen LogP contribution in [0.3, 0.4) is 0 Å². The van der Waals surface area contributed by atoms with Crippen LogP contribution < -0.4 is 16.4 Å². The van der Waals surface area contributed by atoms with Gasteiger partial charge in [0, 0.05) is 0 Å². The summed E-state index contributed by atoms with van der Waals surface area (Å²) in [5.41, 5.74) is 5.29. The van der Waals surface area contributed by atoms with Crippen LogP contribution in [0, 0.1) is 0 Å². The number of amides is 2. The van der Waals surface area contributed by atoms with Gasteiger partial charge in [0.25, 0.3) is 0 Å². The summed E-state index contributed by atoms with van der Waals surface area (Å²) in [5, 5.41) is 4.41. The van der Waals surface area contributed by atoms with Gasteiger partial charge in [-0.15, -0.1) is 0 Å². The molecule has 0 rings (SSSR count). The maximum atomic E-state index is 11.4. The topological polar surface area (TPSA) is 142 Å². The highest BCUT2D eigenvalue weighted by atomic mass is 31.2. The Balaban J connectivity index is 4.34. The van der Waals surface area contributed by atoms with Crippen molar-refractivity contribution in [2.75, 3.05) is 0 Å². The minimum Gasteiger partial charge on any atom is -0.343 e. The van der Waals surface area contributed by atoms with Crippen LogP contribution in [-0.4, -0.2) is 39.5 Å². The Bertz CT molecular complexity index is 340. The molecule has 0 aromatic carbocycles. The molecule has 0 saturated heterocycles. The fraction of sp³-hybridized carbons (Fsp3) is 0.750. The van der Waals surface area contributed by atoms with E-state index in [-0.39, 0.29) is 0 Å². The Morgan fingerprint density at radius 2 is 1.59 bits per heavy atom. The average Bonchev–Trinajstić information content (AvgIpc) is 2.15. The molecule has 100 valence electrons. The van der Waals surface area contributed by atoms with Gasteiger partial charge >= 0.3 is 7.60 Å². The Morgan fingerprint density at radius 3 is 1.94 bits per heavy atom. The number of hydrogen-bond acceptors (Lipinski definition) is 4. The largest absolute Gasteiger partial charge is 0.347 e. The van der Waals surface area contributed by atoms with Crippen LogP contribution in [0.4, 0.5) is 0 Å². The first-order chi connectivity index (χ1) is 7.55. The summed E-state index contributed by atoms with van der Waals surface area (Å²) in [4.78, 5) is 40.2. The van der Waals surface area contributed by atoms with Crippen LogP contribution in [0.1, 0.15) is 20.8 Å². The van der Waals surface area contributed by atoms with Crippen molar-refractivity contribution in [2.45, 2.75) is 38.6 Å². The van der Waals surface area contributed by atoms with Gasteiger partial charge in [-0.3, -0.25) is 14.2 Å². The highest BCUT2D eigenvalue weighted by Gasteiger charge is 2.27. The van der Waals surface area contributed by atoms with Crippen molar-refractivity contribution in [3.05, 3.63) is 0 Å². The van der Waals surface area contributed by atoms with Crippen LogP contribution in [0.15, 0.2) is 0 Å². The second kappa shape index (κ2) is 6.11. The number of rotatable bonds is 5. The molecule has 0 heterocycles. The Labute approximate surface area is 99.1 Å². The molecule has 6 N–H and O–H groups in total. The van der Waals surface area contributed by atoms with E-state index in [0.29, 0.717) is 0 Å². The first kappa shape index (κ1) is 16.1. The van der Waals surface area contributed by atoms with E-state index in [4.69, 9.17) is 15.5 Å². The fourth-order valence-corrected chi connectivity index (χ4v) is 1.12. The zero-order valence-corrected chi connectivity index (χ0v) is 10.8. The smallest absolute Gasteiger partial charge is 0.343 e. The minimum atomic E-state index is -4.37. The molecule has 0 aromatic rings. The van der Waals surface area contributed by atoms with Gasteiger partial charge in [-0.1, -0.05) is 0 Å². The molecule has 0 aliphatic rings. The first-order valence-electron chi connectivity index (χ1n) is 4.97. The van der Waals surface area contributed by atoms with Crippen molar-refractivity contribution in [1.29, 1.82) is 0 Å². The maximum Gasteiger partial charge on any atom is 0.347 e. The number of nitrogens with one attached hydrogen (secondary N) is 2. The second-order valence-corrected chi connectivity index (χ2v) is 5.75. The minimum absolute atomic E-state index is 0.517. The Hall–Kier alpha value is -0.950. The lowest BCUT2D eigenvalue weighted by Crippen LogP contribution is -2.50. The summed E-state index contributed by atoms with van der Waals surface area (Å²) < 4.78 is 10.8. The third-order valence-electron chi connectivity index (χ3n) is 2.02. The second-order valence-electron chi connectivity index (χ2n) is 3.79. The van der Waals surface area contributed by atoms with E-state index in [0.717, 1.165) is 0 Å². The van der Waals surface area contributed by atoms with Crippen molar-refractivity contribution in [1.82, 2.24) is 10.6 Å². The molecule has 2 amide bonds. The van der Waals surface area contributed by atoms with E-state index < -0.39 is 37.3 Å². The standard InChI is InChI=1S/C8H18N3O5P/c1-4(9)7(12)10-5(2)8(13)11-6(3)17(14,15)16/h4-6H,9H2,1-3H3,(H,10,12)(H,11,13)(H2,14,15,16)/t4-,5-,6-/m0/s1. The predicted octanol–water partition coefficient (Wildman–Crippen LogP) is -1.52. The summed E-state index contributed by atoms with van der Waals surface area (Å²) in [7, 11) is -4.37. The van der Waals surface area contributed by atoms with Gasteiger partial charge in [0.1, 0.15) is 11.8 Å². The monoisotopic (exact) mass is 267 g/mol. The summed E-state index contributed by atoms with van der Waals surface area (Å²) in [6.07, 6.45) is 0. The average molecular weight is 267 g/mol. The number of nitrogens with two attached hydrogens (primary N) is 1. The van der Waals surface area contributed by atoms with E-state index in [1.54, 1.807) is 0 Å². The molecular weight excluding hydrogens is 249 g/mol. The van der Waals surface area contributed by atoms with Gasteiger partial charge in [-0.05, 0) is 20.8 Å². The highest BCUT2D eigenvalue weighted by Crippen LogP contribution is 2.38. The van der Waals surface area contributed by atoms with Crippen molar-refractivity contribution in [3.63, 3.8) is 0 Å². The van der Waals surface area contributed by atoms with Gasteiger partial charge in [0.15, 0.2) is 0 Å². The summed E-state index contributed by atoms with van der Waals surface area (Å²) >= 11 is 0. The SMILES string of the molecule is C[C@H](N)C(=O)N[C@@H](C)C(=O)N[C@H](C)P(=O)(O)O. The zero-order valence-electron chi connectivity index (χ0n) is 9.88. The van der Waals surface area contributed by atoms with Crippen LogP contribution in [0.25, 0.3) is 0 Å². The molecule has 9 heteroatoms. The van der Waals surface area contributed by atoms with Gasteiger partial charge in [0.05, 0.1) is 6.04 Å². The summed E-state index contributed by atoms with van der Waals surface area (Å²) in [6, 6.07) is -1.67. The maximum absolute atomic E-state index is 11.4. The van der Waals surface area contributed by atoms with Crippen LogP contribution in [0.2, 0.25) is 0 Å². The summed E-state index contributed by atoms with van der Waals surface area (Å²) in [5.74, 6) is -2.50. The molecule has 0 unspecified atom stereocenters. The van der Waals surface area contributed by atoms with Crippen molar-refractivity contribution >= 4 is 19.4 Å². The molecule has 0 aromatic heterocycles. The molecule has 0 spiro atoms. The molecule has 0 aliphatic carbocycles. The van der Waals surface area contributed by atoms with Crippen LogP contribution >= 0.6 is 7.60 Å². The number of carbonyl (C=O) groups is 2. The lowest BCUT2D eigenvalue weighted by atomic mass is 10.2. The van der Waals surface area contributed by atoms with Crippen molar-refractivity contribution in [3.8, 4) is 0 Å². The molecule has 0 saturated carbocycles. The molecule has 8 nitrogen and oxygen atoms in total. The zero-order chi connectivity index (χ0) is 13.8. The molecule has 17 heavy (non-hydrogen) atoms. The molecule has 0 bridgehead atoms. The molecule has 3 atom stereocenters. The van der Waals surface area contributed by atoms with E-state index in [1.807, 2.05) is 0 Å². The van der Waals surface area contributed by atoms with Crippen molar-refractivity contribution < 1.29 is 23.9 Å². The lowest BCUT2D eigenvalue weighted by Gasteiger charge is -2.19. The normalized spacial score (nSPS) is 16.8.